The lowest BCUT2D eigenvalue weighted by Crippen LogP contribution is -2.26. The molecule has 0 aliphatic carbocycles. The first-order valence-electron chi connectivity index (χ1n) is 10.5. The molecule has 0 aliphatic heterocycles. The molecular weight excluding hydrogens is 508 g/mol. The van der Waals surface area contributed by atoms with Crippen LogP contribution in [0.5, 0.6) is 5.75 Å². The normalized spacial score (nSPS) is 12.3. The average molecular weight is 531 g/mol. The molecule has 11 heteroatoms. The van der Waals surface area contributed by atoms with Crippen molar-refractivity contribution in [3.8, 4) is 5.75 Å². The van der Waals surface area contributed by atoms with E-state index in [0.717, 1.165) is 4.68 Å². The monoisotopic (exact) mass is 530 g/mol. The fourth-order valence-corrected chi connectivity index (χ4v) is 3.49. The summed E-state index contributed by atoms with van der Waals surface area (Å²) in [5, 5.41) is 16.0. The van der Waals surface area contributed by atoms with E-state index >= 15 is 0 Å². The zero-order chi connectivity index (χ0) is 25.0. The van der Waals surface area contributed by atoms with E-state index in [2.05, 4.69) is 26.0 Å². The molecule has 3 rings (SSSR count). The van der Waals surface area contributed by atoms with Crippen LogP contribution in [0.25, 0.3) is 10.9 Å². The molecule has 3 aromatic rings. The summed E-state index contributed by atoms with van der Waals surface area (Å²) in [6, 6.07) is 9.07. The number of carbonyl (C=O) groups excluding carboxylic acids is 1. The van der Waals surface area contributed by atoms with Gasteiger partial charge >= 0.3 is 5.97 Å². The number of esters is 1. The second-order valence-corrected chi connectivity index (χ2v) is 8.55. The Labute approximate surface area is 203 Å². The van der Waals surface area contributed by atoms with Crippen molar-refractivity contribution in [1.82, 2.24) is 9.66 Å². The Morgan fingerprint density at radius 2 is 2.00 bits per heavy atom. The van der Waals surface area contributed by atoms with E-state index in [1.54, 1.807) is 25.1 Å². The summed E-state index contributed by atoms with van der Waals surface area (Å²) in [6.45, 7) is 7.12. The minimum absolute atomic E-state index is 0.137. The van der Waals surface area contributed by atoms with Gasteiger partial charge in [-0.2, -0.15) is 9.78 Å². The van der Waals surface area contributed by atoms with Crippen LogP contribution >= 0.6 is 15.9 Å². The van der Waals surface area contributed by atoms with Gasteiger partial charge in [0.2, 0.25) is 0 Å². The minimum atomic E-state index is -0.956. The number of rotatable bonds is 8. The highest BCUT2D eigenvalue weighted by atomic mass is 79.9. The molecule has 34 heavy (non-hydrogen) atoms. The van der Waals surface area contributed by atoms with E-state index in [9.17, 15) is 19.7 Å². The Bertz CT molecular complexity index is 1340. The molecule has 10 nitrogen and oxygen atoms in total. The van der Waals surface area contributed by atoms with E-state index in [1.165, 1.54) is 31.3 Å². The maximum atomic E-state index is 13.2. The molecule has 0 amide bonds. The Morgan fingerprint density at radius 3 is 2.65 bits per heavy atom. The summed E-state index contributed by atoms with van der Waals surface area (Å²) < 4.78 is 12.5. The van der Waals surface area contributed by atoms with Crippen LogP contribution in [0.3, 0.4) is 0 Å². The lowest BCUT2D eigenvalue weighted by molar-refractivity contribution is -0.384. The van der Waals surface area contributed by atoms with Crippen molar-refractivity contribution in [1.29, 1.82) is 0 Å². The zero-order valence-electron chi connectivity index (χ0n) is 19.0. The van der Waals surface area contributed by atoms with Gasteiger partial charge in [0, 0.05) is 28.1 Å². The molecule has 0 spiro atoms. The van der Waals surface area contributed by atoms with Crippen molar-refractivity contribution in [2.45, 2.75) is 39.7 Å². The SMILES string of the molecule is CCOC(=O)[C@@H](C)Oc1ccc([N+](=O)[O-])cc1C=Nn1c(C(C)C)nc2ccc(Br)cc2c1=O. The topological polar surface area (TPSA) is 126 Å². The molecule has 0 aliphatic rings. The molecule has 0 bridgehead atoms. The predicted octanol–water partition coefficient (Wildman–Crippen LogP) is 4.40. The van der Waals surface area contributed by atoms with Gasteiger partial charge in [0.15, 0.2) is 6.10 Å². The van der Waals surface area contributed by atoms with E-state index in [4.69, 9.17) is 9.47 Å². The first-order valence-corrected chi connectivity index (χ1v) is 11.3. The van der Waals surface area contributed by atoms with Crippen LogP contribution in [-0.2, 0) is 9.53 Å². The van der Waals surface area contributed by atoms with E-state index in [1.807, 2.05) is 13.8 Å². The minimum Gasteiger partial charge on any atom is -0.478 e. The lowest BCUT2D eigenvalue weighted by Gasteiger charge is -2.15. The average Bonchev–Trinajstić information content (AvgIpc) is 2.79. The number of nitrogens with zero attached hydrogens (tertiary/aromatic N) is 4. The fourth-order valence-electron chi connectivity index (χ4n) is 3.13. The van der Waals surface area contributed by atoms with Gasteiger partial charge in [-0.25, -0.2) is 9.78 Å². The zero-order valence-corrected chi connectivity index (χ0v) is 20.6. The third-order valence-electron chi connectivity index (χ3n) is 4.79. The molecule has 0 saturated heterocycles. The molecule has 1 aromatic heterocycles. The van der Waals surface area contributed by atoms with Crippen LogP contribution in [0.4, 0.5) is 5.69 Å². The van der Waals surface area contributed by atoms with E-state index < -0.39 is 17.0 Å². The fraction of sp³-hybridized carbons (Fsp3) is 0.304. The van der Waals surface area contributed by atoms with Gasteiger partial charge in [-0.1, -0.05) is 29.8 Å². The highest BCUT2D eigenvalue weighted by Gasteiger charge is 2.19. The number of fused-ring (bicyclic) bond motifs is 1. The highest BCUT2D eigenvalue weighted by Crippen LogP contribution is 2.25. The van der Waals surface area contributed by atoms with Gasteiger partial charge in [0.25, 0.3) is 11.2 Å². The maximum Gasteiger partial charge on any atom is 0.347 e. The number of aromatic nitrogens is 2. The van der Waals surface area contributed by atoms with Gasteiger partial charge in [0.05, 0.1) is 28.6 Å². The Hall–Kier alpha value is -3.60. The van der Waals surface area contributed by atoms with Gasteiger partial charge in [-0.05, 0) is 38.1 Å². The quantitative estimate of drug-likeness (QED) is 0.183. The molecular formula is C23H23BrN4O6. The van der Waals surface area contributed by atoms with Crippen LogP contribution in [0.2, 0.25) is 0 Å². The van der Waals surface area contributed by atoms with Crippen molar-refractivity contribution in [2.24, 2.45) is 5.10 Å². The number of nitro benzene ring substituents is 1. The first-order chi connectivity index (χ1) is 16.1. The molecule has 0 fully saturated rings. The summed E-state index contributed by atoms with van der Waals surface area (Å²) in [7, 11) is 0. The number of nitro groups is 1. The number of hydrogen-bond acceptors (Lipinski definition) is 8. The summed E-state index contributed by atoms with van der Waals surface area (Å²) >= 11 is 3.36. The number of hydrogen-bond donors (Lipinski definition) is 0. The number of non-ortho nitro benzene ring substituents is 1. The molecule has 0 saturated carbocycles. The highest BCUT2D eigenvalue weighted by molar-refractivity contribution is 9.10. The standard InChI is InChI=1S/C23H23BrN4O6/c1-5-33-23(30)14(4)34-20-9-7-17(28(31)32)10-15(20)12-25-27-21(13(2)3)26-19-8-6-16(24)11-18(19)22(27)29/h6-14H,5H2,1-4H3/t14-/m1/s1. The van der Waals surface area contributed by atoms with E-state index in [-0.39, 0.29) is 35.1 Å². The van der Waals surface area contributed by atoms with Crippen molar-refractivity contribution in [3.63, 3.8) is 0 Å². The molecule has 2 aromatic carbocycles. The van der Waals surface area contributed by atoms with Crippen molar-refractivity contribution < 1.29 is 19.2 Å². The molecule has 178 valence electrons. The smallest absolute Gasteiger partial charge is 0.347 e. The second-order valence-electron chi connectivity index (χ2n) is 7.64. The Morgan fingerprint density at radius 1 is 1.26 bits per heavy atom. The third-order valence-corrected chi connectivity index (χ3v) is 5.28. The molecule has 0 radical (unpaired) electrons. The van der Waals surface area contributed by atoms with Crippen LogP contribution in [0.1, 0.15) is 45.0 Å². The van der Waals surface area contributed by atoms with Crippen LogP contribution < -0.4 is 10.3 Å². The predicted molar refractivity (Wildman–Crippen MR) is 131 cm³/mol. The van der Waals surface area contributed by atoms with Crippen LogP contribution in [-0.4, -0.2) is 39.5 Å². The summed E-state index contributed by atoms with van der Waals surface area (Å²) in [6.07, 6.45) is 0.320. The second kappa shape index (κ2) is 10.6. The molecule has 1 heterocycles. The van der Waals surface area contributed by atoms with Crippen LogP contribution in [0, 0.1) is 10.1 Å². The van der Waals surface area contributed by atoms with Crippen molar-refractivity contribution in [3.05, 3.63) is 72.7 Å². The van der Waals surface area contributed by atoms with Gasteiger partial charge in [-0.3, -0.25) is 14.9 Å². The van der Waals surface area contributed by atoms with Gasteiger partial charge < -0.3 is 9.47 Å². The third kappa shape index (κ3) is 5.48. The summed E-state index contributed by atoms with van der Waals surface area (Å²) in [5.74, 6) is -0.122. The number of carbonyl (C=O) groups is 1. The number of benzene rings is 2. The molecule has 0 unspecified atom stereocenters. The van der Waals surface area contributed by atoms with E-state index in [0.29, 0.717) is 21.2 Å². The summed E-state index contributed by atoms with van der Waals surface area (Å²) in [4.78, 5) is 40.5. The molecule has 1 atom stereocenters. The first kappa shape index (κ1) is 25.0. The maximum absolute atomic E-state index is 13.2. The largest absolute Gasteiger partial charge is 0.478 e. The van der Waals surface area contributed by atoms with Crippen LogP contribution in [0.15, 0.2) is 50.8 Å². The summed E-state index contributed by atoms with van der Waals surface area (Å²) in [5.41, 5.74) is 0.154. The van der Waals surface area contributed by atoms with Crippen molar-refractivity contribution >= 4 is 44.7 Å². The lowest BCUT2D eigenvalue weighted by atomic mass is 10.2. The molecule has 0 N–H and O–H groups in total. The number of halogens is 1. The van der Waals surface area contributed by atoms with Gasteiger partial charge in [-0.15, -0.1) is 0 Å². The van der Waals surface area contributed by atoms with Gasteiger partial charge in [0.1, 0.15) is 11.6 Å². The number of ether oxygens (including phenoxy) is 2. The Kier molecular flexibility index (Phi) is 7.77. The van der Waals surface area contributed by atoms with Crippen molar-refractivity contribution in [2.75, 3.05) is 6.61 Å². The Balaban J connectivity index is 2.12.